The van der Waals surface area contributed by atoms with Crippen LogP contribution in [-0.4, -0.2) is 52.1 Å². The van der Waals surface area contributed by atoms with E-state index in [0.717, 1.165) is 32.1 Å². The Morgan fingerprint density at radius 3 is 2.31 bits per heavy atom. The van der Waals surface area contributed by atoms with Crippen molar-refractivity contribution in [3.8, 4) is 0 Å². The average molecular weight is 361 g/mol. The molecule has 1 spiro atoms. The second kappa shape index (κ2) is 5.21. The van der Waals surface area contributed by atoms with Crippen molar-refractivity contribution in [2.75, 3.05) is 13.1 Å². The van der Waals surface area contributed by atoms with E-state index < -0.39 is 17.2 Å². The summed E-state index contributed by atoms with van der Waals surface area (Å²) in [5.41, 5.74) is -1.39. The lowest BCUT2D eigenvalue weighted by molar-refractivity contribution is -0.172. The van der Waals surface area contributed by atoms with Crippen LogP contribution in [-0.2, 0) is 9.59 Å². The average Bonchev–Trinajstić information content (AvgIpc) is 2.78. The number of hydrogen-bond donors (Lipinski definition) is 3. The zero-order valence-electron chi connectivity index (χ0n) is 15.1. The van der Waals surface area contributed by atoms with Crippen molar-refractivity contribution >= 4 is 17.8 Å². The molecule has 2 atom stereocenters. The molecule has 0 aromatic heterocycles. The number of urea groups is 1. The Hall–Kier alpha value is -1.63. The van der Waals surface area contributed by atoms with E-state index in [9.17, 15) is 19.5 Å². The van der Waals surface area contributed by atoms with Gasteiger partial charge in [0.05, 0.1) is 5.60 Å². The van der Waals surface area contributed by atoms with E-state index >= 15 is 0 Å². The van der Waals surface area contributed by atoms with Gasteiger partial charge in [-0.2, -0.15) is 0 Å². The van der Waals surface area contributed by atoms with Crippen LogP contribution in [0.5, 0.6) is 0 Å². The molecule has 2 aliphatic heterocycles. The van der Waals surface area contributed by atoms with Gasteiger partial charge in [-0.25, -0.2) is 4.79 Å². The predicted octanol–water partition coefficient (Wildman–Crippen LogP) is 0.908. The highest BCUT2D eigenvalue weighted by Gasteiger charge is 2.58. The number of nitrogens with zero attached hydrogens (tertiary/aromatic N) is 1. The Kier molecular flexibility index (Phi) is 3.31. The first-order valence-electron chi connectivity index (χ1n) is 9.93. The zero-order chi connectivity index (χ0) is 18.2. The minimum atomic E-state index is -0.830. The summed E-state index contributed by atoms with van der Waals surface area (Å²) in [5.74, 6) is 1.04. The molecule has 0 radical (unpaired) electrons. The molecule has 4 aliphatic carbocycles. The van der Waals surface area contributed by atoms with Crippen LogP contribution in [0.25, 0.3) is 0 Å². The summed E-state index contributed by atoms with van der Waals surface area (Å²) >= 11 is 0. The Bertz CT molecular complexity index is 668. The summed E-state index contributed by atoms with van der Waals surface area (Å²) in [5, 5.41) is 15.9. The molecule has 4 bridgehead atoms. The van der Waals surface area contributed by atoms with Crippen LogP contribution in [0.1, 0.15) is 57.8 Å². The number of hydrogen-bond acceptors (Lipinski definition) is 4. The minimum Gasteiger partial charge on any atom is -0.390 e. The molecule has 6 rings (SSSR count). The maximum absolute atomic E-state index is 13.0. The maximum atomic E-state index is 13.0. The van der Waals surface area contributed by atoms with Gasteiger partial charge < -0.3 is 15.3 Å². The zero-order valence-corrected chi connectivity index (χ0v) is 15.1. The molecule has 4 saturated carbocycles. The second-order valence-electron chi connectivity index (χ2n) is 9.73. The third kappa shape index (κ3) is 2.47. The fourth-order valence-corrected chi connectivity index (χ4v) is 7.06. The normalized spacial score (nSPS) is 42.9. The van der Waals surface area contributed by atoms with Gasteiger partial charge in [0.25, 0.3) is 5.91 Å². The van der Waals surface area contributed by atoms with Crippen LogP contribution in [0.4, 0.5) is 4.79 Å². The molecule has 0 aromatic carbocycles. The van der Waals surface area contributed by atoms with Crippen molar-refractivity contribution in [2.45, 2.75) is 68.9 Å². The quantitative estimate of drug-likeness (QED) is 0.637. The minimum absolute atomic E-state index is 0.0238. The number of imide groups is 1. The molecule has 0 aromatic rings. The Morgan fingerprint density at radius 2 is 1.77 bits per heavy atom. The highest BCUT2D eigenvalue weighted by atomic mass is 16.3. The summed E-state index contributed by atoms with van der Waals surface area (Å²) in [7, 11) is 0. The standard InChI is InChI=1S/C19H27N3O4/c23-14(22-3-1-19(2-4-22)15(24)20-16(25)21-19)10-17-6-12-5-13(7-17)9-18(26,8-12)11-17/h12-13,26H,1-11H2,(H2,20,21,24,25). The van der Waals surface area contributed by atoms with Gasteiger partial charge >= 0.3 is 6.03 Å². The van der Waals surface area contributed by atoms with Crippen LogP contribution < -0.4 is 10.6 Å². The lowest BCUT2D eigenvalue weighted by Gasteiger charge is -2.60. The summed E-state index contributed by atoms with van der Waals surface area (Å²) in [6.07, 6.45) is 7.45. The Labute approximate surface area is 152 Å². The summed E-state index contributed by atoms with van der Waals surface area (Å²) in [6.45, 7) is 0.999. The topological polar surface area (TPSA) is 98.7 Å². The molecule has 6 fully saturated rings. The largest absolute Gasteiger partial charge is 0.390 e. The van der Waals surface area contributed by atoms with Crippen molar-refractivity contribution in [1.82, 2.24) is 15.5 Å². The van der Waals surface area contributed by atoms with Crippen molar-refractivity contribution in [3.05, 3.63) is 0 Å². The van der Waals surface area contributed by atoms with Crippen molar-refractivity contribution in [1.29, 1.82) is 0 Å². The van der Waals surface area contributed by atoms with E-state index in [-0.39, 0.29) is 17.2 Å². The molecule has 6 aliphatic rings. The Balaban J connectivity index is 1.25. The van der Waals surface area contributed by atoms with Gasteiger partial charge in [-0.05, 0) is 68.6 Å². The molecule has 2 heterocycles. The van der Waals surface area contributed by atoms with E-state index in [1.807, 2.05) is 4.90 Å². The fraction of sp³-hybridized carbons (Fsp3) is 0.842. The number of likely N-dealkylation sites (tertiary alicyclic amines) is 1. The molecule has 3 N–H and O–H groups in total. The lowest BCUT2D eigenvalue weighted by Crippen LogP contribution is -2.58. The fourth-order valence-electron chi connectivity index (χ4n) is 7.06. The highest BCUT2D eigenvalue weighted by Crippen LogP contribution is 2.62. The van der Waals surface area contributed by atoms with Crippen LogP contribution in [0.3, 0.4) is 0 Å². The first-order chi connectivity index (χ1) is 12.3. The number of carbonyl (C=O) groups excluding carboxylic acids is 3. The van der Waals surface area contributed by atoms with E-state index in [1.165, 1.54) is 6.42 Å². The third-order valence-corrected chi connectivity index (χ3v) is 7.66. The monoisotopic (exact) mass is 361 g/mol. The molecule has 7 nitrogen and oxygen atoms in total. The second-order valence-corrected chi connectivity index (χ2v) is 9.73. The molecular weight excluding hydrogens is 334 g/mol. The highest BCUT2D eigenvalue weighted by molar-refractivity contribution is 6.07. The summed E-state index contributed by atoms with van der Waals surface area (Å²) in [4.78, 5) is 38.3. The SMILES string of the molecule is O=C1NC(=O)C2(CCN(C(=O)CC34CC5CC(CC(O)(C5)C3)C4)CC2)N1. The van der Waals surface area contributed by atoms with E-state index in [0.29, 0.717) is 44.2 Å². The first kappa shape index (κ1) is 16.5. The van der Waals surface area contributed by atoms with Crippen LogP contribution in [0.15, 0.2) is 0 Å². The smallest absolute Gasteiger partial charge is 0.322 e. The predicted molar refractivity (Wildman–Crippen MR) is 91.9 cm³/mol. The number of amides is 4. The van der Waals surface area contributed by atoms with Gasteiger partial charge in [-0.1, -0.05) is 0 Å². The van der Waals surface area contributed by atoms with Gasteiger partial charge in [0.2, 0.25) is 5.91 Å². The van der Waals surface area contributed by atoms with Gasteiger partial charge in [0.15, 0.2) is 0 Å². The molecule has 4 amide bonds. The summed E-state index contributed by atoms with van der Waals surface area (Å²) in [6, 6.07) is -0.434. The van der Waals surface area contributed by atoms with E-state index in [1.54, 1.807) is 0 Å². The van der Waals surface area contributed by atoms with Crippen LogP contribution in [0.2, 0.25) is 0 Å². The molecular formula is C19H27N3O4. The number of piperidine rings is 1. The molecule has 142 valence electrons. The van der Waals surface area contributed by atoms with E-state index in [2.05, 4.69) is 10.6 Å². The number of carbonyl (C=O) groups is 3. The number of rotatable bonds is 2. The summed E-state index contributed by atoms with van der Waals surface area (Å²) < 4.78 is 0. The molecule has 26 heavy (non-hydrogen) atoms. The number of aliphatic hydroxyl groups is 1. The lowest BCUT2D eigenvalue weighted by atomic mass is 9.47. The van der Waals surface area contributed by atoms with Crippen molar-refractivity contribution in [2.24, 2.45) is 17.3 Å². The van der Waals surface area contributed by atoms with Gasteiger partial charge in [0.1, 0.15) is 5.54 Å². The van der Waals surface area contributed by atoms with E-state index in [4.69, 9.17) is 0 Å². The Morgan fingerprint density at radius 1 is 1.12 bits per heavy atom. The van der Waals surface area contributed by atoms with Crippen LogP contribution >= 0.6 is 0 Å². The molecule has 2 saturated heterocycles. The van der Waals surface area contributed by atoms with Crippen molar-refractivity contribution in [3.63, 3.8) is 0 Å². The van der Waals surface area contributed by atoms with Crippen LogP contribution in [0, 0.1) is 17.3 Å². The van der Waals surface area contributed by atoms with Gasteiger partial charge in [-0.3, -0.25) is 14.9 Å². The van der Waals surface area contributed by atoms with Gasteiger partial charge in [0, 0.05) is 19.5 Å². The van der Waals surface area contributed by atoms with Crippen molar-refractivity contribution < 1.29 is 19.5 Å². The molecule has 7 heteroatoms. The first-order valence-corrected chi connectivity index (χ1v) is 9.93. The van der Waals surface area contributed by atoms with Gasteiger partial charge in [-0.15, -0.1) is 0 Å². The number of nitrogens with one attached hydrogen (secondary N) is 2. The maximum Gasteiger partial charge on any atom is 0.322 e. The molecule has 2 unspecified atom stereocenters. The third-order valence-electron chi connectivity index (χ3n) is 7.66.